The largest absolute Gasteiger partial charge is 0.475 e. The van der Waals surface area contributed by atoms with Gasteiger partial charge in [-0.1, -0.05) is 12.1 Å². The molecule has 0 amide bonds. The molecule has 11 heteroatoms. The third-order valence-corrected chi connectivity index (χ3v) is 7.72. The molecule has 202 valence electrons. The first kappa shape index (κ1) is 25.6. The van der Waals surface area contributed by atoms with Crippen LogP contribution in [0.3, 0.4) is 0 Å². The van der Waals surface area contributed by atoms with Crippen LogP contribution in [0.15, 0.2) is 65.2 Å². The molecule has 0 aliphatic carbocycles. The Morgan fingerprint density at radius 1 is 1.05 bits per heavy atom. The summed E-state index contributed by atoms with van der Waals surface area (Å²) in [6.45, 7) is 7.68. The molecule has 0 aliphatic rings. The van der Waals surface area contributed by atoms with Gasteiger partial charge >= 0.3 is 0 Å². The number of halogens is 1. The lowest BCUT2D eigenvalue weighted by molar-refractivity contribution is 0.232. The van der Waals surface area contributed by atoms with Crippen molar-refractivity contribution in [2.45, 2.75) is 39.8 Å². The maximum absolute atomic E-state index is 14.3. The molecule has 0 saturated heterocycles. The summed E-state index contributed by atoms with van der Waals surface area (Å²) in [4.78, 5) is 27.8. The van der Waals surface area contributed by atoms with Crippen LogP contribution in [-0.4, -0.2) is 35.2 Å². The van der Waals surface area contributed by atoms with Crippen LogP contribution in [0.2, 0.25) is 0 Å². The highest BCUT2D eigenvalue weighted by Crippen LogP contribution is 2.36. The third-order valence-electron chi connectivity index (χ3n) is 6.72. The van der Waals surface area contributed by atoms with Crippen LogP contribution in [0.1, 0.15) is 38.1 Å². The Morgan fingerprint density at radius 3 is 2.60 bits per heavy atom. The Kier molecular flexibility index (Phi) is 6.30. The zero-order valence-corrected chi connectivity index (χ0v) is 23.1. The van der Waals surface area contributed by atoms with Crippen molar-refractivity contribution in [1.29, 1.82) is 0 Å². The maximum Gasteiger partial charge on any atom is 0.264 e. The molecule has 0 aliphatic heterocycles. The number of nitrogen functional groups attached to an aromatic ring is 1. The fraction of sp³-hybridized carbons (Fsp3) is 0.207. The van der Waals surface area contributed by atoms with E-state index in [1.165, 1.54) is 29.8 Å². The summed E-state index contributed by atoms with van der Waals surface area (Å²) in [5, 5.41) is 7.43. The van der Waals surface area contributed by atoms with E-state index in [9.17, 15) is 9.18 Å². The summed E-state index contributed by atoms with van der Waals surface area (Å²) >= 11 is 1.47. The number of benzene rings is 1. The first-order valence-electron chi connectivity index (χ1n) is 12.7. The van der Waals surface area contributed by atoms with Crippen LogP contribution < -0.4 is 16.0 Å². The third kappa shape index (κ3) is 4.28. The minimum atomic E-state index is -0.472. The summed E-state index contributed by atoms with van der Waals surface area (Å²) in [7, 11) is 0. The van der Waals surface area contributed by atoms with E-state index in [2.05, 4.69) is 15.0 Å². The monoisotopic (exact) mass is 555 g/mol. The van der Waals surface area contributed by atoms with Crippen LogP contribution in [0.4, 0.5) is 10.2 Å². The predicted octanol–water partition coefficient (Wildman–Crippen LogP) is 5.66. The lowest BCUT2D eigenvalue weighted by Gasteiger charge is -2.18. The molecular weight excluding hydrogens is 529 g/mol. The molecule has 0 saturated carbocycles. The smallest absolute Gasteiger partial charge is 0.264 e. The quantitative estimate of drug-likeness (QED) is 0.282. The molecule has 0 unspecified atom stereocenters. The Hall–Kier alpha value is -4.64. The molecule has 6 aromatic rings. The molecule has 0 spiro atoms. The lowest BCUT2D eigenvalue weighted by Crippen LogP contribution is -2.21. The van der Waals surface area contributed by atoms with Gasteiger partial charge in [0.25, 0.3) is 5.56 Å². The van der Waals surface area contributed by atoms with E-state index in [-0.39, 0.29) is 17.5 Å². The molecule has 0 bridgehead atoms. The van der Waals surface area contributed by atoms with Crippen molar-refractivity contribution in [3.63, 3.8) is 0 Å². The molecular formula is C29H26FN7O2S. The fourth-order valence-electron chi connectivity index (χ4n) is 4.92. The summed E-state index contributed by atoms with van der Waals surface area (Å²) < 4.78 is 23.4. The van der Waals surface area contributed by atoms with Crippen LogP contribution in [0.25, 0.3) is 38.2 Å². The average molecular weight is 556 g/mol. The number of rotatable bonds is 6. The van der Waals surface area contributed by atoms with Crippen LogP contribution in [-0.2, 0) is 0 Å². The summed E-state index contributed by atoms with van der Waals surface area (Å²) in [6, 6.07) is 11.2. The van der Waals surface area contributed by atoms with Crippen LogP contribution >= 0.6 is 11.3 Å². The molecule has 1 aromatic carbocycles. The SMILES string of the molecule is Cc1csc2cc([C@H](C)n3nc(-c4ccc(OC(C)C)nc4)c4c(N)ncnc43)c(-c3cccc(F)c3)c(=O)n12. The molecule has 2 N–H and O–H groups in total. The van der Waals surface area contributed by atoms with Crippen molar-refractivity contribution in [2.24, 2.45) is 0 Å². The van der Waals surface area contributed by atoms with Gasteiger partial charge in [0, 0.05) is 28.9 Å². The molecule has 0 fully saturated rings. The number of anilines is 1. The number of pyridine rings is 2. The van der Waals surface area contributed by atoms with E-state index < -0.39 is 11.9 Å². The Morgan fingerprint density at radius 2 is 1.88 bits per heavy atom. The maximum atomic E-state index is 14.3. The second-order valence-electron chi connectivity index (χ2n) is 9.82. The van der Waals surface area contributed by atoms with E-state index in [1.54, 1.807) is 33.5 Å². The van der Waals surface area contributed by atoms with Crippen molar-refractivity contribution >= 4 is 33.0 Å². The minimum Gasteiger partial charge on any atom is -0.475 e. The van der Waals surface area contributed by atoms with Gasteiger partial charge in [-0.3, -0.25) is 9.20 Å². The summed E-state index contributed by atoms with van der Waals surface area (Å²) in [5.41, 5.74) is 10.3. The number of aromatic nitrogens is 6. The number of thiazole rings is 1. The molecule has 9 nitrogen and oxygen atoms in total. The summed E-state index contributed by atoms with van der Waals surface area (Å²) in [6.07, 6.45) is 3.05. The number of hydrogen-bond acceptors (Lipinski definition) is 8. The number of aryl methyl sites for hydroxylation is 1. The van der Waals surface area contributed by atoms with Gasteiger partial charge < -0.3 is 10.5 Å². The Balaban J connectivity index is 1.57. The van der Waals surface area contributed by atoms with Gasteiger partial charge in [0.2, 0.25) is 5.88 Å². The van der Waals surface area contributed by atoms with Crippen LogP contribution in [0.5, 0.6) is 5.88 Å². The minimum absolute atomic E-state index is 0.0101. The lowest BCUT2D eigenvalue weighted by atomic mass is 9.97. The molecule has 6 rings (SSSR count). The second kappa shape index (κ2) is 9.83. The van der Waals surface area contributed by atoms with Gasteiger partial charge in [-0.05, 0) is 63.1 Å². The number of fused-ring (bicyclic) bond motifs is 2. The van der Waals surface area contributed by atoms with Crippen molar-refractivity contribution < 1.29 is 9.13 Å². The molecule has 1 atom stereocenters. The zero-order valence-electron chi connectivity index (χ0n) is 22.3. The topological polar surface area (TPSA) is 113 Å². The number of nitrogens with two attached hydrogens (primary N) is 1. The van der Waals surface area contributed by atoms with Gasteiger partial charge in [0.15, 0.2) is 5.65 Å². The Labute approximate surface area is 232 Å². The molecule has 0 radical (unpaired) electrons. The molecule has 40 heavy (non-hydrogen) atoms. The van der Waals surface area contributed by atoms with E-state index >= 15 is 0 Å². The number of hydrogen-bond donors (Lipinski definition) is 1. The first-order valence-corrected chi connectivity index (χ1v) is 13.6. The molecule has 5 aromatic heterocycles. The highest BCUT2D eigenvalue weighted by Gasteiger charge is 2.26. The van der Waals surface area contributed by atoms with E-state index in [0.717, 1.165) is 10.5 Å². The van der Waals surface area contributed by atoms with E-state index in [0.29, 0.717) is 44.9 Å². The van der Waals surface area contributed by atoms with Gasteiger partial charge in [-0.2, -0.15) is 5.10 Å². The van der Waals surface area contributed by atoms with Crippen molar-refractivity contribution in [3.8, 4) is 28.3 Å². The normalized spacial score (nSPS) is 12.4. The average Bonchev–Trinajstić information content (AvgIpc) is 3.50. The first-order chi connectivity index (χ1) is 19.2. The fourth-order valence-corrected chi connectivity index (χ4v) is 5.84. The second-order valence-corrected chi connectivity index (χ2v) is 10.7. The van der Waals surface area contributed by atoms with Gasteiger partial charge in [0.1, 0.15) is 28.5 Å². The number of ether oxygens (including phenoxy) is 1. The highest BCUT2D eigenvalue weighted by atomic mass is 32.1. The highest BCUT2D eigenvalue weighted by molar-refractivity contribution is 7.15. The van der Waals surface area contributed by atoms with Gasteiger partial charge in [-0.15, -0.1) is 11.3 Å². The van der Waals surface area contributed by atoms with Crippen molar-refractivity contribution in [1.82, 2.24) is 29.1 Å². The van der Waals surface area contributed by atoms with Crippen molar-refractivity contribution in [2.75, 3.05) is 5.73 Å². The molecule has 5 heterocycles. The van der Waals surface area contributed by atoms with E-state index in [4.69, 9.17) is 15.6 Å². The van der Waals surface area contributed by atoms with Crippen LogP contribution in [0, 0.1) is 12.7 Å². The standard InChI is InChI=1S/C29H26FN7O2S/c1-15(2)39-22-9-8-19(12-32-22)26-25-27(31)33-14-34-28(25)37(35-26)17(4)21-11-23-36(16(3)13-40-23)29(38)24(21)18-6-5-7-20(30)10-18/h5-15,17H,1-4H3,(H2,31,33,34)/t17-/m0/s1. The van der Waals surface area contributed by atoms with Gasteiger partial charge in [-0.25, -0.2) is 24.0 Å². The summed E-state index contributed by atoms with van der Waals surface area (Å²) in [5.74, 6) is 0.350. The van der Waals surface area contributed by atoms with Gasteiger partial charge in [0.05, 0.1) is 23.1 Å². The predicted molar refractivity (Wildman–Crippen MR) is 154 cm³/mol. The zero-order chi connectivity index (χ0) is 28.1. The Bertz CT molecular complexity index is 1940. The van der Waals surface area contributed by atoms with Crippen molar-refractivity contribution in [3.05, 3.63) is 87.8 Å². The van der Waals surface area contributed by atoms with E-state index in [1.807, 2.05) is 45.2 Å². The number of nitrogens with zero attached hydrogens (tertiary/aromatic N) is 6.